The number of sulfone groups is 1. The highest BCUT2D eigenvalue weighted by molar-refractivity contribution is 7.90. The first-order valence-electron chi connectivity index (χ1n) is 13.2. The van der Waals surface area contributed by atoms with Crippen LogP contribution in [0, 0.1) is 11.3 Å². The summed E-state index contributed by atoms with van der Waals surface area (Å²) in [6, 6.07) is 25.9. The Bertz CT molecular complexity index is 2060. The van der Waals surface area contributed by atoms with Gasteiger partial charge >= 0.3 is 0 Å². The Morgan fingerprint density at radius 3 is 2.21 bits per heavy atom. The van der Waals surface area contributed by atoms with Crippen molar-refractivity contribution in [3.63, 3.8) is 0 Å². The third kappa shape index (κ3) is 4.94. The van der Waals surface area contributed by atoms with E-state index < -0.39 is 19.9 Å². The Morgan fingerprint density at radius 1 is 0.857 bits per heavy atom. The van der Waals surface area contributed by atoms with Crippen molar-refractivity contribution in [3.8, 4) is 28.5 Å². The largest absolute Gasteiger partial charge is 0.378 e. The van der Waals surface area contributed by atoms with Gasteiger partial charge in [0.1, 0.15) is 6.07 Å². The summed E-state index contributed by atoms with van der Waals surface area (Å²) in [5.41, 5.74) is 3.53. The molecule has 0 saturated carbocycles. The lowest BCUT2D eigenvalue weighted by Gasteiger charge is -2.28. The molecule has 0 aliphatic carbocycles. The van der Waals surface area contributed by atoms with Gasteiger partial charge in [0, 0.05) is 36.6 Å². The van der Waals surface area contributed by atoms with Gasteiger partial charge in [-0.25, -0.2) is 25.8 Å². The monoisotopic (exact) mass is 598 g/mol. The summed E-state index contributed by atoms with van der Waals surface area (Å²) in [5, 5.41) is 10.2. The van der Waals surface area contributed by atoms with Crippen LogP contribution in [0.1, 0.15) is 5.56 Å². The van der Waals surface area contributed by atoms with E-state index in [-0.39, 0.29) is 21.0 Å². The van der Waals surface area contributed by atoms with Crippen LogP contribution in [0.4, 0.5) is 5.69 Å². The Kier molecular flexibility index (Phi) is 7.06. The number of anilines is 1. The number of hydrogen-bond acceptors (Lipinski definition) is 8. The van der Waals surface area contributed by atoms with Crippen molar-refractivity contribution in [1.29, 1.82) is 5.26 Å². The van der Waals surface area contributed by atoms with Gasteiger partial charge in [-0.05, 0) is 65.2 Å². The second kappa shape index (κ2) is 10.7. The van der Waals surface area contributed by atoms with E-state index in [4.69, 9.17) is 4.74 Å². The summed E-state index contributed by atoms with van der Waals surface area (Å²) in [4.78, 5) is 6.77. The average Bonchev–Trinajstić information content (AvgIpc) is 3.42. The molecule has 1 fully saturated rings. The topological polar surface area (TPSA) is 122 Å². The van der Waals surface area contributed by atoms with E-state index in [0.29, 0.717) is 41.0 Å². The Labute approximate surface area is 244 Å². The summed E-state index contributed by atoms with van der Waals surface area (Å²) < 4.78 is 59.4. The van der Waals surface area contributed by atoms with Gasteiger partial charge in [0.25, 0.3) is 10.0 Å². The van der Waals surface area contributed by atoms with E-state index in [2.05, 4.69) is 9.88 Å². The summed E-state index contributed by atoms with van der Waals surface area (Å²) in [5.74, 6) is 0. The maximum absolute atomic E-state index is 14.1. The van der Waals surface area contributed by atoms with E-state index in [0.717, 1.165) is 25.0 Å². The quantitative estimate of drug-likeness (QED) is 0.275. The number of benzene rings is 3. The van der Waals surface area contributed by atoms with E-state index >= 15 is 0 Å². The summed E-state index contributed by atoms with van der Waals surface area (Å²) in [6.07, 6.45) is 2.56. The van der Waals surface area contributed by atoms with Crippen LogP contribution < -0.4 is 4.90 Å². The van der Waals surface area contributed by atoms with Crippen LogP contribution in [-0.4, -0.2) is 58.4 Å². The number of fused-ring (bicyclic) bond motifs is 1. The Hall–Kier alpha value is -4.50. The highest BCUT2D eigenvalue weighted by atomic mass is 32.2. The summed E-state index contributed by atoms with van der Waals surface area (Å²) >= 11 is 0. The van der Waals surface area contributed by atoms with Gasteiger partial charge in [-0.2, -0.15) is 5.26 Å². The predicted molar refractivity (Wildman–Crippen MR) is 160 cm³/mol. The molecule has 0 N–H and O–H groups in total. The number of aromatic nitrogens is 2. The standard InChI is InChI=1S/C31H26N4O5S2/c1-41(36,37)30-12-9-23(19-24(30)21-32)27-13-14-33-31-28(27)20-29(35(31)42(38,39)26-5-3-2-4-6-26)22-7-10-25(11-8-22)34-15-17-40-18-16-34/h2-14,19-20H,15-18H2,1H3. The molecule has 0 spiro atoms. The summed E-state index contributed by atoms with van der Waals surface area (Å²) in [7, 11) is -7.69. The smallest absolute Gasteiger partial charge is 0.269 e. The molecule has 1 aliphatic rings. The first kappa shape index (κ1) is 27.7. The van der Waals surface area contributed by atoms with Gasteiger partial charge in [-0.15, -0.1) is 0 Å². The second-order valence-electron chi connectivity index (χ2n) is 9.95. The van der Waals surface area contributed by atoms with Crippen LogP contribution in [0.2, 0.25) is 0 Å². The molecule has 9 nitrogen and oxygen atoms in total. The molecule has 0 bridgehead atoms. The summed E-state index contributed by atoms with van der Waals surface area (Å²) in [6.45, 7) is 2.85. The molecule has 0 unspecified atom stereocenters. The van der Waals surface area contributed by atoms with Crippen molar-refractivity contribution in [1.82, 2.24) is 8.96 Å². The zero-order valence-corrected chi connectivity index (χ0v) is 24.3. The molecular weight excluding hydrogens is 572 g/mol. The van der Waals surface area contributed by atoms with Gasteiger partial charge in [-0.3, -0.25) is 0 Å². The van der Waals surface area contributed by atoms with Crippen LogP contribution >= 0.6 is 0 Å². The van der Waals surface area contributed by atoms with Crippen molar-refractivity contribution in [2.45, 2.75) is 9.79 Å². The molecule has 2 aromatic heterocycles. The van der Waals surface area contributed by atoms with Gasteiger partial charge in [0.15, 0.2) is 15.5 Å². The van der Waals surface area contributed by atoms with E-state index in [1.54, 1.807) is 48.5 Å². The Morgan fingerprint density at radius 2 is 1.55 bits per heavy atom. The number of nitriles is 1. The molecule has 212 valence electrons. The van der Waals surface area contributed by atoms with Crippen molar-refractivity contribution in [3.05, 3.63) is 96.7 Å². The first-order valence-corrected chi connectivity index (χ1v) is 16.5. The minimum atomic E-state index is -4.07. The second-order valence-corrected chi connectivity index (χ2v) is 13.7. The number of hydrogen-bond donors (Lipinski definition) is 0. The van der Waals surface area contributed by atoms with E-state index in [9.17, 15) is 22.1 Å². The van der Waals surface area contributed by atoms with Crippen molar-refractivity contribution < 1.29 is 21.6 Å². The molecule has 11 heteroatoms. The van der Waals surface area contributed by atoms with Crippen LogP contribution in [0.3, 0.4) is 0 Å². The third-order valence-corrected chi connectivity index (χ3v) is 10.2. The molecule has 6 rings (SSSR count). The van der Waals surface area contributed by atoms with E-state index in [1.165, 1.54) is 22.3 Å². The van der Waals surface area contributed by atoms with Crippen LogP contribution in [0.15, 0.2) is 101 Å². The van der Waals surface area contributed by atoms with Gasteiger partial charge in [0.05, 0.1) is 34.3 Å². The molecule has 3 aromatic carbocycles. The van der Waals surface area contributed by atoms with Gasteiger partial charge < -0.3 is 9.64 Å². The number of ether oxygens (including phenoxy) is 1. The number of pyridine rings is 1. The zero-order chi connectivity index (χ0) is 29.5. The minimum absolute atomic E-state index is 0.00947. The van der Waals surface area contributed by atoms with E-state index in [1.807, 2.05) is 30.3 Å². The maximum atomic E-state index is 14.1. The lowest BCUT2D eigenvalue weighted by atomic mass is 10.0. The SMILES string of the molecule is CS(=O)(=O)c1ccc(-c2ccnc3c2cc(-c2ccc(N4CCOCC4)cc2)n3S(=O)(=O)c2ccccc2)cc1C#N. The zero-order valence-electron chi connectivity index (χ0n) is 22.6. The molecule has 0 amide bonds. The highest BCUT2D eigenvalue weighted by Crippen LogP contribution is 2.37. The highest BCUT2D eigenvalue weighted by Gasteiger charge is 2.26. The van der Waals surface area contributed by atoms with Crippen molar-refractivity contribution in [2.24, 2.45) is 0 Å². The predicted octanol–water partition coefficient (Wildman–Crippen LogP) is 4.72. The minimum Gasteiger partial charge on any atom is -0.378 e. The fourth-order valence-corrected chi connectivity index (χ4v) is 7.56. The molecule has 1 saturated heterocycles. The molecule has 5 aromatic rings. The van der Waals surface area contributed by atoms with Crippen LogP contribution in [0.5, 0.6) is 0 Å². The number of rotatable bonds is 6. The fraction of sp³-hybridized carbons (Fsp3) is 0.161. The number of morpholine rings is 1. The molecule has 0 atom stereocenters. The first-order chi connectivity index (χ1) is 20.2. The molecule has 0 radical (unpaired) electrons. The fourth-order valence-electron chi connectivity index (χ4n) is 5.24. The molecule has 3 heterocycles. The van der Waals surface area contributed by atoms with Gasteiger partial charge in [-0.1, -0.05) is 36.4 Å². The lowest BCUT2D eigenvalue weighted by molar-refractivity contribution is 0.122. The molecular formula is C31H26N4O5S2. The van der Waals surface area contributed by atoms with Crippen LogP contribution in [0.25, 0.3) is 33.4 Å². The molecule has 42 heavy (non-hydrogen) atoms. The van der Waals surface area contributed by atoms with Crippen LogP contribution in [-0.2, 0) is 24.6 Å². The maximum Gasteiger partial charge on any atom is 0.269 e. The van der Waals surface area contributed by atoms with Crippen molar-refractivity contribution in [2.75, 3.05) is 37.5 Å². The molecule has 1 aliphatic heterocycles. The Balaban J connectivity index is 1.57. The lowest BCUT2D eigenvalue weighted by Crippen LogP contribution is -2.36. The number of nitrogens with zero attached hydrogens (tertiary/aromatic N) is 4. The van der Waals surface area contributed by atoms with Crippen molar-refractivity contribution >= 4 is 36.6 Å². The average molecular weight is 599 g/mol. The van der Waals surface area contributed by atoms with Gasteiger partial charge in [0.2, 0.25) is 0 Å². The third-order valence-electron chi connectivity index (χ3n) is 7.29. The normalized spacial score (nSPS) is 14.1.